The van der Waals surface area contributed by atoms with Crippen molar-refractivity contribution in [2.75, 3.05) is 4.90 Å². The number of rotatable bonds is 4. The molecule has 27 heavy (non-hydrogen) atoms. The number of aromatic nitrogens is 3. The number of fused-ring (bicyclic) bond motifs is 1. The molecule has 0 fully saturated rings. The smallest absolute Gasteiger partial charge is 0.278 e. The quantitative estimate of drug-likeness (QED) is 0.527. The van der Waals surface area contributed by atoms with E-state index in [0.717, 1.165) is 21.5 Å². The molecule has 0 aliphatic heterocycles. The van der Waals surface area contributed by atoms with E-state index in [-0.39, 0.29) is 5.91 Å². The van der Waals surface area contributed by atoms with Crippen molar-refractivity contribution in [1.29, 1.82) is 0 Å². The fraction of sp³-hybridized carbons (Fsp3) is 0.190. The molecule has 0 aliphatic rings. The highest BCUT2D eigenvalue weighted by Crippen LogP contribution is 2.31. The summed E-state index contributed by atoms with van der Waals surface area (Å²) in [6.45, 7) is 4.45. The number of carbonyl (C=O) groups is 1. The molecular weight excluding hydrogens is 356 g/mol. The highest BCUT2D eigenvalue weighted by Gasteiger charge is 2.24. The second kappa shape index (κ2) is 6.96. The number of hydrogen-bond donors (Lipinski definition) is 0. The fourth-order valence-electron chi connectivity index (χ4n) is 2.93. The summed E-state index contributed by atoms with van der Waals surface area (Å²) in [4.78, 5) is 19.7. The Bertz CT molecular complexity index is 1090. The molecule has 6 heteroatoms. The van der Waals surface area contributed by atoms with Gasteiger partial charge in [0.15, 0.2) is 10.8 Å². The van der Waals surface area contributed by atoms with Crippen LogP contribution in [0.3, 0.4) is 0 Å². The second-order valence-corrected chi connectivity index (χ2v) is 7.65. The van der Waals surface area contributed by atoms with Gasteiger partial charge in [0.1, 0.15) is 0 Å². The van der Waals surface area contributed by atoms with Gasteiger partial charge in [-0.2, -0.15) is 5.10 Å². The SMILES string of the molecule is Cc1ccc2nc(N(Cc3ccccc3)C(=O)c3cc(C)n(C)n3)sc2c1. The minimum Gasteiger partial charge on any atom is -0.278 e. The molecule has 136 valence electrons. The average molecular weight is 376 g/mol. The summed E-state index contributed by atoms with van der Waals surface area (Å²) in [5, 5.41) is 5.06. The molecule has 0 unspecified atom stereocenters. The van der Waals surface area contributed by atoms with Crippen LogP contribution in [0.1, 0.15) is 27.3 Å². The number of aryl methyl sites for hydroxylation is 3. The molecule has 4 aromatic rings. The number of nitrogens with zero attached hydrogens (tertiary/aromatic N) is 4. The summed E-state index contributed by atoms with van der Waals surface area (Å²) in [7, 11) is 1.84. The van der Waals surface area contributed by atoms with Gasteiger partial charge in [0.2, 0.25) is 0 Å². The average Bonchev–Trinajstić information content (AvgIpc) is 3.23. The van der Waals surface area contributed by atoms with Crippen LogP contribution in [0.15, 0.2) is 54.6 Å². The van der Waals surface area contributed by atoms with E-state index >= 15 is 0 Å². The first kappa shape index (κ1) is 17.4. The largest absolute Gasteiger partial charge is 0.280 e. The van der Waals surface area contributed by atoms with Crippen LogP contribution in [0.5, 0.6) is 0 Å². The Hall–Kier alpha value is -2.99. The summed E-state index contributed by atoms with van der Waals surface area (Å²) in [5.74, 6) is -0.140. The lowest BCUT2D eigenvalue weighted by molar-refractivity contribution is 0.0979. The zero-order valence-electron chi connectivity index (χ0n) is 15.5. The molecule has 0 bridgehead atoms. The van der Waals surface area contributed by atoms with Crippen molar-refractivity contribution in [3.8, 4) is 0 Å². The number of amides is 1. The lowest BCUT2D eigenvalue weighted by Gasteiger charge is -2.19. The van der Waals surface area contributed by atoms with Crippen molar-refractivity contribution in [2.45, 2.75) is 20.4 Å². The first-order valence-electron chi connectivity index (χ1n) is 8.75. The van der Waals surface area contributed by atoms with Crippen molar-refractivity contribution in [1.82, 2.24) is 14.8 Å². The fourth-order valence-corrected chi connectivity index (χ4v) is 3.99. The Kier molecular flexibility index (Phi) is 4.49. The normalized spacial score (nSPS) is 11.1. The van der Waals surface area contributed by atoms with E-state index in [1.807, 2.05) is 62.5 Å². The molecule has 0 N–H and O–H groups in total. The van der Waals surface area contributed by atoms with Gasteiger partial charge in [0.05, 0.1) is 16.8 Å². The Morgan fingerprint density at radius 2 is 1.89 bits per heavy atom. The standard InChI is InChI=1S/C21H20N4OS/c1-14-9-10-17-19(11-14)27-21(22-17)25(13-16-7-5-4-6-8-16)20(26)18-12-15(2)24(3)23-18/h4-12H,13H2,1-3H3. The molecule has 1 amide bonds. The maximum Gasteiger partial charge on any atom is 0.280 e. The Morgan fingerprint density at radius 3 is 2.59 bits per heavy atom. The summed E-state index contributed by atoms with van der Waals surface area (Å²) in [6.07, 6.45) is 0. The molecule has 0 saturated heterocycles. The van der Waals surface area contributed by atoms with Crippen molar-refractivity contribution >= 4 is 32.6 Å². The van der Waals surface area contributed by atoms with Crippen LogP contribution in [-0.4, -0.2) is 20.7 Å². The zero-order valence-corrected chi connectivity index (χ0v) is 16.3. The van der Waals surface area contributed by atoms with Gasteiger partial charge in [0.25, 0.3) is 5.91 Å². The van der Waals surface area contributed by atoms with Crippen LogP contribution in [-0.2, 0) is 13.6 Å². The van der Waals surface area contributed by atoms with Gasteiger partial charge in [-0.1, -0.05) is 47.7 Å². The van der Waals surface area contributed by atoms with E-state index in [1.165, 1.54) is 16.9 Å². The molecule has 2 heterocycles. The molecule has 5 nitrogen and oxygen atoms in total. The van der Waals surface area contributed by atoms with E-state index in [2.05, 4.69) is 18.1 Å². The minimum absolute atomic E-state index is 0.140. The lowest BCUT2D eigenvalue weighted by atomic mass is 10.2. The Labute approximate surface area is 161 Å². The van der Waals surface area contributed by atoms with Crippen molar-refractivity contribution in [3.05, 3.63) is 77.1 Å². The number of hydrogen-bond acceptors (Lipinski definition) is 4. The third-order valence-corrected chi connectivity index (χ3v) is 5.57. The number of anilines is 1. The monoisotopic (exact) mass is 376 g/mol. The predicted molar refractivity (Wildman–Crippen MR) is 109 cm³/mol. The van der Waals surface area contributed by atoms with E-state index in [9.17, 15) is 4.79 Å². The first-order valence-corrected chi connectivity index (χ1v) is 9.56. The molecule has 2 aromatic carbocycles. The molecule has 0 spiro atoms. The summed E-state index contributed by atoms with van der Waals surface area (Å²) in [5.41, 5.74) is 4.51. The van der Waals surface area contributed by atoms with Crippen molar-refractivity contribution in [2.24, 2.45) is 7.05 Å². The Morgan fingerprint density at radius 1 is 1.11 bits per heavy atom. The second-order valence-electron chi connectivity index (χ2n) is 6.64. The van der Waals surface area contributed by atoms with Crippen LogP contribution >= 0.6 is 11.3 Å². The third kappa shape index (κ3) is 3.48. The number of thiazole rings is 1. The van der Waals surface area contributed by atoms with Gasteiger partial charge < -0.3 is 0 Å². The van der Waals surface area contributed by atoms with Gasteiger partial charge in [-0.3, -0.25) is 14.4 Å². The van der Waals surface area contributed by atoms with E-state index in [4.69, 9.17) is 4.98 Å². The minimum atomic E-state index is -0.140. The lowest BCUT2D eigenvalue weighted by Crippen LogP contribution is -2.30. The molecule has 0 atom stereocenters. The van der Waals surface area contributed by atoms with Gasteiger partial charge in [0, 0.05) is 12.7 Å². The molecule has 2 aromatic heterocycles. The van der Waals surface area contributed by atoms with Crippen molar-refractivity contribution < 1.29 is 4.79 Å². The summed E-state index contributed by atoms with van der Waals surface area (Å²) in [6, 6.07) is 17.9. The third-order valence-electron chi connectivity index (χ3n) is 4.53. The van der Waals surface area contributed by atoms with Crippen LogP contribution in [0.2, 0.25) is 0 Å². The maximum absolute atomic E-state index is 13.3. The van der Waals surface area contributed by atoms with Crippen LogP contribution < -0.4 is 4.90 Å². The Balaban J connectivity index is 1.77. The molecule has 4 rings (SSSR count). The van der Waals surface area contributed by atoms with Gasteiger partial charge in [-0.25, -0.2) is 4.98 Å². The van der Waals surface area contributed by atoms with Crippen LogP contribution in [0.4, 0.5) is 5.13 Å². The highest BCUT2D eigenvalue weighted by atomic mass is 32.1. The highest BCUT2D eigenvalue weighted by molar-refractivity contribution is 7.22. The van der Waals surface area contributed by atoms with Crippen LogP contribution in [0.25, 0.3) is 10.2 Å². The molecule has 0 radical (unpaired) electrons. The molecule has 0 saturated carbocycles. The number of carbonyl (C=O) groups excluding carboxylic acids is 1. The van der Waals surface area contributed by atoms with E-state index in [1.54, 1.807) is 9.58 Å². The van der Waals surface area contributed by atoms with Crippen LogP contribution in [0, 0.1) is 13.8 Å². The van der Waals surface area contributed by atoms with Crippen molar-refractivity contribution in [3.63, 3.8) is 0 Å². The predicted octanol–water partition coefficient (Wildman–Crippen LogP) is 4.49. The first-order chi connectivity index (χ1) is 13.0. The van der Waals surface area contributed by atoms with Gasteiger partial charge in [-0.05, 0) is 43.2 Å². The summed E-state index contributed by atoms with van der Waals surface area (Å²) < 4.78 is 2.79. The topological polar surface area (TPSA) is 51.0 Å². The molecular formula is C21H20N4OS. The summed E-state index contributed by atoms with van der Waals surface area (Å²) >= 11 is 1.53. The van der Waals surface area contributed by atoms with E-state index in [0.29, 0.717) is 17.4 Å². The van der Waals surface area contributed by atoms with E-state index < -0.39 is 0 Å². The van der Waals surface area contributed by atoms with Gasteiger partial charge in [-0.15, -0.1) is 0 Å². The van der Waals surface area contributed by atoms with Gasteiger partial charge >= 0.3 is 0 Å². The number of benzene rings is 2. The maximum atomic E-state index is 13.3. The zero-order chi connectivity index (χ0) is 19.0. The molecule has 0 aliphatic carbocycles.